The van der Waals surface area contributed by atoms with Gasteiger partial charge in [0.25, 0.3) is 0 Å². The second-order valence-electron chi connectivity index (χ2n) is 6.77. The van der Waals surface area contributed by atoms with Crippen LogP contribution in [0.1, 0.15) is 38.1 Å². The van der Waals surface area contributed by atoms with E-state index in [9.17, 15) is 8.42 Å². The molecule has 1 saturated carbocycles. The average molecular weight is 346 g/mol. The molecule has 0 aliphatic heterocycles. The predicted molar refractivity (Wildman–Crippen MR) is 89.1 cm³/mol. The van der Waals surface area contributed by atoms with E-state index in [1.165, 1.54) is 0 Å². The zero-order valence-electron chi connectivity index (χ0n) is 13.7. The molecule has 1 fully saturated rings. The van der Waals surface area contributed by atoms with Crippen molar-refractivity contribution in [3.8, 4) is 11.4 Å². The van der Waals surface area contributed by atoms with Crippen LogP contribution in [-0.4, -0.2) is 33.8 Å². The second-order valence-corrected chi connectivity index (χ2v) is 9.55. The van der Waals surface area contributed by atoms with Gasteiger partial charge in [-0.1, -0.05) is 5.16 Å². The Bertz CT molecular complexity index is 1030. The summed E-state index contributed by atoms with van der Waals surface area (Å²) in [7, 11) is -3.33. The molecule has 1 aliphatic rings. The third-order valence-corrected chi connectivity index (χ3v) is 7.53. The lowest BCUT2D eigenvalue weighted by Crippen LogP contribution is -2.32. The predicted octanol–water partition coefficient (Wildman–Crippen LogP) is 2.73. The van der Waals surface area contributed by atoms with E-state index in [2.05, 4.69) is 20.1 Å². The molecule has 1 aliphatic carbocycles. The molecule has 0 amide bonds. The number of fused-ring (bicyclic) bond motifs is 1. The monoisotopic (exact) mass is 346 g/mol. The van der Waals surface area contributed by atoms with Gasteiger partial charge in [0, 0.05) is 5.56 Å². The Morgan fingerprint density at radius 1 is 1.29 bits per heavy atom. The Kier molecular flexibility index (Phi) is 3.12. The molecule has 0 atom stereocenters. The fourth-order valence-electron chi connectivity index (χ4n) is 2.86. The van der Waals surface area contributed by atoms with E-state index in [4.69, 9.17) is 4.52 Å². The molecular weight excluding hydrogens is 328 g/mol. The zero-order chi connectivity index (χ0) is 17.1. The maximum atomic E-state index is 12.6. The molecule has 126 valence electrons. The summed E-state index contributed by atoms with van der Waals surface area (Å²) in [5.41, 5.74) is 3.51. The van der Waals surface area contributed by atoms with E-state index in [1.807, 2.05) is 19.1 Å². The van der Waals surface area contributed by atoms with Gasteiger partial charge in [-0.15, -0.1) is 0 Å². The number of imidazole rings is 1. The molecule has 4 rings (SSSR count). The van der Waals surface area contributed by atoms with Crippen molar-refractivity contribution in [1.82, 2.24) is 20.1 Å². The van der Waals surface area contributed by atoms with Crippen LogP contribution < -0.4 is 0 Å². The first-order chi connectivity index (χ1) is 11.3. The van der Waals surface area contributed by atoms with Crippen LogP contribution in [0.15, 0.2) is 23.0 Å². The van der Waals surface area contributed by atoms with Gasteiger partial charge < -0.3 is 9.51 Å². The van der Waals surface area contributed by atoms with Crippen LogP contribution in [-0.2, 0) is 14.6 Å². The number of hydrogen-bond donors (Lipinski definition) is 1. The number of aryl methyl sites for hydroxylation is 1. The normalized spacial score (nSPS) is 16.0. The largest absolute Gasteiger partial charge is 0.345 e. The zero-order valence-corrected chi connectivity index (χ0v) is 14.5. The average Bonchev–Trinajstić information content (AvgIpc) is 3.08. The maximum Gasteiger partial charge on any atom is 0.247 e. The van der Waals surface area contributed by atoms with Gasteiger partial charge in [0.2, 0.25) is 11.7 Å². The summed E-state index contributed by atoms with van der Waals surface area (Å²) in [5, 5.41) is 3.71. The van der Waals surface area contributed by atoms with Crippen molar-refractivity contribution >= 4 is 20.9 Å². The molecule has 1 N–H and O–H groups in total. The number of aromatic nitrogens is 4. The van der Waals surface area contributed by atoms with E-state index in [-0.39, 0.29) is 11.1 Å². The molecule has 7 nitrogen and oxygen atoms in total. The van der Waals surface area contributed by atoms with Crippen LogP contribution in [0.4, 0.5) is 0 Å². The lowest BCUT2D eigenvalue weighted by molar-refractivity contribution is 0.347. The summed E-state index contributed by atoms with van der Waals surface area (Å²) in [6.45, 7) is 5.21. The summed E-state index contributed by atoms with van der Waals surface area (Å²) in [5.74, 6) is 0.510. The number of nitrogens with one attached hydrogen (secondary N) is 1. The van der Waals surface area contributed by atoms with Gasteiger partial charge in [0.1, 0.15) is 4.75 Å². The van der Waals surface area contributed by atoms with Crippen LogP contribution in [0.25, 0.3) is 22.4 Å². The Hall–Kier alpha value is -2.22. The topological polar surface area (TPSA) is 102 Å². The van der Waals surface area contributed by atoms with Gasteiger partial charge in [0.15, 0.2) is 9.84 Å². The Labute approximate surface area is 139 Å². The number of rotatable bonds is 4. The molecule has 0 bridgehead atoms. The summed E-state index contributed by atoms with van der Waals surface area (Å²) in [6, 6.07) is 3.80. The highest BCUT2D eigenvalue weighted by Gasteiger charge is 2.50. The maximum absolute atomic E-state index is 12.6. The summed E-state index contributed by atoms with van der Waals surface area (Å²) in [4.78, 5) is 11.7. The molecule has 8 heteroatoms. The van der Waals surface area contributed by atoms with Crippen LogP contribution >= 0.6 is 0 Å². The van der Waals surface area contributed by atoms with Crippen molar-refractivity contribution in [2.75, 3.05) is 0 Å². The van der Waals surface area contributed by atoms with Gasteiger partial charge in [-0.25, -0.2) is 13.4 Å². The van der Waals surface area contributed by atoms with Crippen molar-refractivity contribution < 1.29 is 12.9 Å². The third-order valence-electron chi connectivity index (χ3n) is 4.59. The van der Waals surface area contributed by atoms with Crippen molar-refractivity contribution in [2.24, 2.45) is 0 Å². The lowest BCUT2D eigenvalue weighted by atomic mass is 10.1. The SMILES string of the molecule is Cc1cc(-c2noc(C(C)(C)S(=O)(=O)C3CC3)n2)cc2[nH]cnc12. The third kappa shape index (κ3) is 2.16. The van der Waals surface area contributed by atoms with E-state index in [1.54, 1.807) is 20.2 Å². The number of benzene rings is 1. The highest BCUT2D eigenvalue weighted by Crippen LogP contribution is 2.41. The molecule has 3 aromatic rings. The van der Waals surface area contributed by atoms with Crippen LogP contribution in [0.3, 0.4) is 0 Å². The van der Waals surface area contributed by atoms with Gasteiger partial charge in [-0.2, -0.15) is 4.98 Å². The highest BCUT2D eigenvalue weighted by atomic mass is 32.2. The first-order valence-electron chi connectivity index (χ1n) is 7.82. The molecule has 2 aromatic heterocycles. The van der Waals surface area contributed by atoms with Gasteiger partial charge in [0.05, 0.1) is 22.6 Å². The van der Waals surface area contributed by atoms with Crippen LogP contribution in [0.5, 0.6) is 0 Å². The number of sulfone groups is 1. The molecule has 24 heavy (non-hydrogen) atoms. The molecule has 1 aromatic carbocycles. The van der Waals surface area contributed by atoms with Crippen molar-refractivity contribution in [1.29, 1.82) is 0 Å². The fraction of sp³-hybridized carbons (Fsp3) is 0.438. The molecule has 0 spiro atoms. The van der Waals surface area contributed by atoms with Crippen LogP contribution in [0, 0.1) is 6.92 Å². The quantitative estimate of drug-likeness (QED) is 0.779. The van der Waals surface area contributed by atoms with E-state index >= 15 is 0 Å². The van der Waals surface area contributed by atoms with Crippen molar-refractivity contribution in [3.05, 3.63) is 29.9 Å². The lowest BCUT2D eigenvalue weighted by Gasteiger charge is -2.19. The van der Waals surface area contributed by atoms with Gasteiger partial charge in [-0.05, 0) is 51.3 Å². The first kappa shape index (κ1) is 15.3. The number of aromatic amines is 1. The minimum atomic E-state index is -3.33. The highest BCUT2D eigenvalue weighted by molar-refractivity contribution is 7.93. The minimum absolute atomic E-state index is 0.131. The van der Waals surface area contributed by atoms with Gasteiger partial charge >= 0.3 is 0 Å². The fourth-order valence-corrected chi connectivity index (χ4v) is 4.77. The second kappa shape index (κ2) is 4.89. The molecule has 0 saturated heterocycles. The van der Waals surface area contributed by atoms with E-state index in [0.29, 0.717) is 18.7 Å². The number of hydrogen-bond acceptors (Lipinski definition) is 6. The molecule has 0 radical (unpaired) electrons. The summed E-state index contributed by atoms with van der Waals surface area (Å²) in [6.07, 6.45) is 3.05. The first-order valence-corrected chi connectivity index (χ1v) is 9.37. The van der Waals surface area contributed by atoms with E-state index in [0.717, 1.165) is 22.2 Å². The van der Waals surface area contributed by atoms with Crippen molar-refractivity contribution in [3.63, 3.8) is 0 Å². The summed E-state index contributed by atoms with van der Waals surface area (Å²) < 4.78 is 29.4. The Morgan fingerprint density at radius 3 is 2.75 bits per heavy atom. The molecular formula is C16H18N4O3S. The van der Waals surface area contributed by atoms with E-state index < -0.39 is 14.6 Å². The van der Waals surface area contributed by atoms with Crippen LogP contribution in [0.2, 0.25) is 0 Å². The number of H-pyrrole nitrogens is 1. The smallest absolute Gasteiger partial charge is 0.247 e. The number of nitrogens with zero attached hydrogens (tertiary/aromatic N) is 3. The molecule has 0 unspecified atom stereocenters. The standard InChI is InChI=1S/C16H18N4O3S/c1-9-6-10(7-12-13(9)18-8-17-12)14-19-15(23-20-14)16(2,3)24(21,22)11-4-5-11/h6-8,11H,4-5H2,1-3H3,(H,17,18). The van der Waals surface area contributed by atoms with Gasteiger partial charge in [-0.3, -0.25) is 0 Å². The minimum Gasteiger partial charge on any atom is -0.345 e. The Morgan fingerprint density at radius 2 is 2.04 bits per heavy atom. The molecule has 2 heterocycles. The summed E-state index contributed by atoms with van der Waals surface area (Å²) >= 11 is 0. The Balaban J connectivity index is 1.76. The van der Waals surface area contributed by atoms with Crippen molar-refractivity contribution in [2.45, 2.75) is 43.6 Å².